The van der Waals surface area contributed by atoms with Gasteiger partial charge in [-0.2, -0.15) is 0 Å². The van der Waals surface area contributed by atoms with Gasteiger partial charge in [-0.3, -0.25) is 9.59 Å². The molecular weight excluding hydrogens is 488 g/mol. The van der Waals surface area contributed by atoms with Crippen molar-refractivity contribution in [1.82, 2.24) is 10.2 Å². The zero-order valence-corrected chi connectivity index (χ0v) is 22.8. The molecule has 0 aromatic heterocycles. The minimum Gasteiger partial charge on any atom is -0.354 e. The van der Waals surface area contributed by atoms with E-state index >= 15 is 0 Å². The molecule has 190 valence electrons. The Balaban J connectivity index is 1.84. The molecule has 0 saturated carbocycles. The summed E-state index contributed by atoms with van der Waals surface area (Å²) in [4.78, 5) is 28.9. The molecule has 0 saturated heterocycles. The van der Waals surface area contributed by atoms with Gasteiger partial charge in [0.05, 0.1) is 5.75 Å². The molecule has 3 aromatic rings. The highest BCUT2D eigenvalue weighted by Crippen LogP contribution is 2.22. The van der Waals surface area contributed by atoms with E-state index in [0.717, 1.165) is 22.3 Å². The molecule has 0 unspecified atom stereocenters. The maximum absolute atomic E-state index is 13.7. The summed E-state index contributed by atoms with van der Waals surface area (Å²) in [6.45, 7) is 7.10. The fourth-order valence-corrected chi connectivity index (χ4v) is 5.01. The summed E-state index contributed by atoms with van der Waals surface area (Å²) in [6.07, 6.45) is 0.456. The number of carbonyl (C=O) groups is 2. The lowest BCUT2D eigenvalue weighted by Gasteiger charge is -2.32. The Bertz CT molecular complexity index is 1120. The van der Waals surface area contributed by atoms with E-state index in [1.54, 1.807) is 4.90 Å². The van der Waals surface area contributed by atoms with Crippen molar-refractivity contribution in [2.45, 2.75) is 45.5 Å². The van der Waals surface area contributed by atoms with Crippen LogP contribution in [0.15, 0.2) is 78.9 Å². The molecule has 3 rings (SSSR count). The van der Waals surface area contributed by atoms with Gasteiger partial charge in [0, 0.05) is 30.3 Å². The number of halogens is 1. The van der Waals surface area contributed by atoms with Crippen LogP contribution in [0.2, 0.25) is 5.02 Å². The molecule has 0 heterocycles. The van der Waals surface area contributed by atoms with Gasteiger partial charge in [0.2, 0.25) is 11.8 Å². The molecule has 2 amide bonds. The molecule has 36 heavy (non-hydrogen) atoms. The van der Waals surface area contributed by atoms with Crippen molar-refractivity contribution in [2.75, 3.05) is 12.3 Å². The van der Waals surface area contributed by atoms with Crippen LogP contribution in [0.25, 0.3) is 0 Å². The molecular formula is C30H35ClN2O2S. The fourth-order valence-electron chi connectivity index (χ4n) is 3.81. The van der Waals surface area contributed by atoms with Crippen molar-refractivity contribution in [3.8, 4) is 0 Å². The Morgan fingerprint density at radius 1 is 0.917 bits per heavy atom. The smallest absolute Gasteiger partial charge is 0.243 e. The fraction of sp³-hybridized carbons (Fsp3) is 0.333. The van der Waals surface area contributed by atoms with Crippen LogP contribution in [0, 0.1) is 12.8 Å². The molecule has 4 nitrogen and oxygen atoms in total. The van der Waals surface area contributed by atoms with Crippen LogP contribution in [0.1, 0.15) is 36.1 Å². The van der Waals surface area contributed by atoms with Gasteiger partial charge in [0.25, 0.3) is 0 Å². The first-order chi connectivity index (χ1) is 17.3. The zero-order valence-electron chi connectivity index (χ0n) is 21.2. The molecule has 0 aliphatic heterocycles. The van der Waals surface area contributed by atoms with Crippen molar-refractivity contribution in [3.05, 3.63) is 106 Å². The van der Waals surface area contributed by atoms with Crippen molar-refractivity contribution in [2.24, 2.45) is 5.92 Å². The van der Waals surface area contributed by atoms with E-state index < -0.39 is 6.04 Å². The van der Waals surface area contributed by atoms with E-state index in [9.17, 15) is 9.59 Å². The van der Waals surface area contributed by atoms with Crippen molar-refractivity contribution in [3.63, 3.8) is 0 Å². The third-order valence-electron chi connectivity index (χ3n) is 5.87. The summed E-state index contributed by atoms with van der Waals surface area (Å²) in [5.74, 6) is 1.03. The number of hydrogen-bond acceptors (Lipinski definition) is 3. The number of rotatable bonds is 12. The monoisotopic (exact) mass is 522 g/mol. The first-order valence-electron chi connectivity index (χ1n) is 12.3. The van der Waals surface area contributed by atoms with E-state index in [2.05, 4.69) is 19.2 Å². The quantitative estimate of drug-likeness (QED) is 0.304. The van der Waals surface area contributed by atoms with Gasteiger partial charge >= 0.3 is 0 Å². The molecule has 1 N–H and O–H groups in total. The van der Waals surface area contributed by atoms with Gasteiger partial charge < -0.3 is 10.2 Å². The Morgan fingerprint density at radius 2 is 1.58 bits per heavy atom. The SMILES string of the molecule is Cc1ccc(CN(C(=O)CSCc2ccccc2Cl)[C@@H](Cc2ccccc2)C(=O)NCC(C)C)cc1. The minimum absolute atomic E-state index is 0.0618. The van der Waals surface area contributed by atoms with Gasteiger partial charge in [0.1, 0.15) is 6.04 Å². The molecule has 0 fully saturated rings. The van der Waals surface area contributed by atoms with Crippen LogP contribution in [0.5, 0.6) is 0 Å². The highest BCUT2D eigenvalue weighted by atomic mass is 35.5. The summed E-state index contributed by atoms with van der Waals surface area (Å²) in [5.41, 5.74) is 4.17. The Kier molecular flexibility index (Phi) is 10.9. The number of hydrogen-bond donors (Lipinski definition) is 1. The maximum atomic E-state index is 13.7. The molecule has 0 bridgehead atoms. The Labute approximate surface area is 224 Å². The van der Waals surface area contributed by atoms with Crippen molar-refractivity contribution >= 4 is 35.2 Å². The molecule has 0 aliphatic rings. The number of carbonyl (C=O) groups excluding carboxylic acids is 2. The minimum atomic E-state index is -0.610. The number of nitrogens with zero attached hydrogens (tertiary/aromatic N) is 1. The standard InChI is InChI=1S/C30H35ClN2O2S/c1-22(2)18-32-30(35)28(17-24-9-5-4-6-10-24)33(19-25-15-13-23(3)14-16-25)29(34)21-36-20-26-11-7-8-12-27(26)31/h4-16,22,28H,17-21H2,1-3H3,(H,32,35)/t28-/m0/s1. The number of aryl methyl sites for hydroxylation is 1. The largest absolute Gasteiger partial charge is 0.354 e. The second-order valence-electron chi connectivity index (χ2n) is 9.44. The summed E-state index contributed by atoms with van der Waals surface area (Å²) in [6, 6.07) is 25.1. The number of thioether (sulfide) groups is 1. The van der Waals surface area contributed by atoms with Crippen molar-refractivity contribution < 1.29 is 9.59 Å². The van der Waals surface area contributed by atoms with E-state index in [0.29, 0.717) is 36.2 Å². The zero-order chi connectivity index (χ0) is 25.9. The van der Waals surface area contributed by atoms with Gasteiger partial charge in [-0.05, 0) is 35.6 Å². The lowest BCUT2D eigenvalue weighted by Crippen LogP contribution is -2.51. The molecule has 6 heteroatoms. The molecule has 0 aliphatic carbocycles. The third kappa shape index (κ3) is 8.72. The van der Waals surface area contributed by atoms with Crippen LogP contribution in [0.3, 0.4) is 0 Å². The predicted octanol–water partition coefficient (Wildman–Crippen LogP) is 6.29. The summed E-state index contributed by atoms with van der Waals surface area (Å²) in [5, 5.41) is 3.76. The van der Waals surface area contributed by atoms with Crippen molar-refractivity contribution in [1.29, 1.82) is 0 Å². The predicted molar refractivity (Wildman–Crippen MR) is 151 cm³/mol. The van der Waals surface area contributed by atoms with E-state index in [1.807, 2.05) is 85.8 Å². The summed E-state index contributed by atoms with van der Waals surface area (Å²) in [7, 11) is 0. The summed E-state index contributed by atoms with van der Waals surface area (Å²) < 4.78 is 0. The van der Waals surface area contributed by atoms with Gasteiger partial charge in [-0.25, -0.2) is 0 Å². The van der Waals surface area contributed by atoms with Crippen LogP contribution >= 0.6 is 23.4 Å². The Morgan fingerprint density at radius 3 is 2.25 bits per heavy atom. The first-order valence-corrected chi connectivity index (χ1v) is 13.8. The number of benzene rings is 3. The van der Waals surface area contributed by atoms with Gasteiger partial charge in [0.15, 0.2) is 0 Å². The molecule has 1 atom stereocenters. The molecule has 0 radical (unpaired) electrons. The second-order valence-corrected chi connectivity index (χ2v) is 10.8. The highest BCUT2D eigenvalue weighted by molar-refractivity contribution is 7.99. The average molecular weight is 523 g/mol. The number of nitrogens with one attached hydrogen (secondary N) is 1. The molecule has 3 aromatic carbocycles. The molecule has 0 spiro atoms. The van der Waals surface area contributed by atoms with Crippen LogP contribution in [0.4, 0.5) is 0 Å². The topological polar surface area (TPSA) is 49.4 Å². The number of amides is 2. The maximum Gasteiger partial charge on any atom is 0.243 e. The van der Waals surface area contributed by atoms with E-state index in [1.165, 1.54) is 11.8 Å². The lowest BCUT2D eigenvalue weighted by atomic mass is 10.0. The van der Waals surface area contributed by atoms with E-state index in [4.69, 9.17) is 11.6 Å². The van der Waals surface area contributed by atoms with Gasteiger partial charge in [-0.1, -0.05) is 104 Å². The highest BCUT2D eigenvalue weighted by Gasteiger charge is 2.30. The second kappa shape index (κ2) is 14.1. The normalized spacial score (nSPS) is 11.8. The Hall–Kier alpha value is -2.76. The van der Waals surface area contributed by atoms with Crippen LogP contribution in [-0.2, 0) is 28.3 Å². The van der Waals surface area contributed by atoms with Crippen LogP contribution in [-0.4, -0.2) is 35.1 Å². The lowest BCUT2D eigenvalue weighted by molar-refractivity contribution is -0.139. The first kappa shape index (κ1) is 27.8. The van der Waals surface area contributed by atoms with Gasteiger partial charge in [-0.15, -0.1) is 11.8 Å². The van der Waals surface area contributed by atoms with E-state index in [-0.39, 0.29) is 17.6 Å². The van der Waals surface area contributed by atoms with Crippen LogP contribution < -0.4 is 5.32 Å². The third-order valence-corrected chi connectivity index (χ3v) is 7.21. The summed E-state index contributed by atoms with van der Waals surface area (Å²) >= 11 is 7.82. The average Bonchev–Trinajstić information content (AvgIpc) is 2.87.